The fourth-order valence-electron chi connectivity index (χ4n) is 2.15. The molecular formula is C15H21N3OS. The van der Waals surface area contributed by atoms with Crippen molar-refractivity contribution in [3.8, 4) is 5.75 Å². The van der Waals surface area contributed by atoms with E-state index in [9.17, 15) is 0 Å². The summed E-state index contributed by atoms with van der Waals surface area (Å²) in [6.07, 6.45) is 0.945. The second-order valence-electron chi connectivity index (χ2n) is 4.96. The van der Waals surface area contributed by atoms with Gasteiger partial charge in [-0.25, -0.2) is 4.98 Å². The van der Waals surface area contributed by atoms with Gasteiger partial charge in [-0.15, -0.1) is 11.3 Å². The van der Waals surface area contributed by atoms with E-state index in [-0.39, 0.29) is 0 Å². The Hall–Kier alpha value is -1.59. The highest BCUT2D eigenvalue weighted by molar-refractivity contribution is 7.13. The summed E-state index contributed by atoms with van der Waals surface area (Å²) in [5.74, 6) is 0.950. The van der Waals surface area contributed by atoms with E-state index in [0.29, 0.717) is 11.2 Å². The molecule has 20 heavy (non-hydrogen) atoms. The lowest BCUT2D eigenvalue weighted by Crippen LogP contribution is -2.30. The molecule has 2 rings (SSSR count). The molecule has 1 unspecified atom stereocenters. The van der Waals surface area contributed by atoms with Crippen molar-refractivity contribution in [1.82, 2.24) is 9.88 Å². The van der Waals surface area contributed by atoms with Crippen molar-refractivity contribution in [3.63, 3.8) is 0 Å². The Morgan fingerprint density at radius 2 is 2.15 bits per heavy atom. The highest BCUT2D eigenvalue weighted by atomic mass is 32.1. The van der Waals surface area contributed by atoms with Gasteiger partial charge in [-0.2, -0.15) is 0 Å². The Morgan fingerprint density at radius 3 is 2.80 bits per heavy atom. The van der Waals surface area contributed by atoms with Crippen molar-refractivity contribution in [2.45, 2.75) is 25.9 Å². The number of hydrogen-bond donors (Lipinski definition) is 1. The molecule has 0 fully saturated rings. The molecular weight excluding hydrogens is 270 g/mol. The lowest BCUT2D eigenvalue weighted by Gasteiger charge is -2.24. The third kappa shape index (κ3) is 3.71. The number of para-hydroxylation sites is 1. The Labute approximate surface area is 124 Å². The number of nitrogens with two attached hydrogens (primary N) is 1. The van der Waals surface area contributed by atoms with Gasteiger partial charge in [0.05, 0.1) is 12.8 Å². The molecule has 0 spiro atoms. The molecule has 108 valence electrons. The van der Waals surface area contributed by atoms with Crippen LogP contribution in [0.3, 0.4) is 0 Å². The quantitative estimate of drug-likeness (QED) is 0.889. The molecule has 0 aliphatic carbocycles. The van der Waals surface area contributed by atoms with E-state index in [1.54, 1.807) is 7.11 Å². The SMILES string of the molecule is COc1ccccc1CC(C)N(C)Cc1csc(N)n1. The summed E-state index contributed by atoms with van der Waals surface area (Å²) in [6.45, 7) is 3.02. The Morgan fingerprint density at radius 1 is 1.40 bits per heavy atom. The number of benzene rings is 1. The predicted molar refractivity (Wildman–Crippen MR) is 84.2 cm³/mol. The first-order valence-electron chi connectivity index (χ1n) is 6.62. The van der Waals surface area contributed by atoms with Crippen LogP contribution in [0.1, 0.15) is 18.2 Å². The van der Waals surface area contributed by atoms with Crippen molar-refractivity contribution in [1.29, 1.82) is 0 Å². The fraction of sp³-hybridized carbons (Fsp3) is 0.400. The molecule has 0 radical (unpaired) electrons. The molecule has 0 aliphatic rings. The molecule has 2 aromatic rings. The number of anilines is 1. The minimum absolute atomic E-state index is 0.397. The Bertz CT molecular complexity index is 556. The first kappa shape index (κ1) is 14.8. The topological polar surface area (TPSA) is 51.4 Å². The van der Waals surface area contributed by atoms with E-state index in [1.807, 2.05) is 23.6 Å². The average molecular weight is 291 g/mol. The van der Waals surface area contributed by atoms with Crippen molar-refractivity contribution in [3.05, 3.63) is 40.9 Å². The second kappa shape index (κ2) is 6.72. The zero-order valence-electron chi connectivity index (χ0n) is 12.2. The van der Waals surface area contributed by atoms with Gasteiger partial charge in [-0.05, 0) is 32.0 Å². The highest BCUT2D eigenvalue weighted by Gasteiger charge is 2.14. The third-order valence-corrected chi connectivity index (χ3v) is 4.16. The lowest BCUT2D eigenvalue weighted by atomic mass is 10.1. The number of nitrogen functional groups attached to an aromatic ring is 1. The summed E-state index contributed by atoms with van der Waals surface area (Å²) in [5, 5.41) is 2.65. The number of hydrogen-bond acceptors (Lipinski definition) is 5. The van der Waals surface area contributed by atoms with Crippen molar-refractivity contribution in [2.24, 2.45) is 0 Å². The smallest absolute Gasteiger partial charge is 0.180 e. The van der Waals surface area contributed by atoms with Crippen LogP contribution in [0.25, 0.3) is 0 Å². The maximum atomic E-state index is 5.66. The molecule has 1 atom stereocenters. The second-order valence-corrected chi connectivity index (χ2v) is 5.85. The summed E-state index contributed by atoms with van der Waals surface area (Å²) in [5.41, 5.74) is 7.92. The minimum Gasteiger partial charge on any atom is -0.496 e. The molecule has 5 heteroatoms. The van der Waals surface area contributed by atoms with Gasteiger partial charge in [-0.3, -0.25) is 4.90 Å². The van der Waals surface area contributed by atoms with Crippen LogP contribution in [-0.4, -0.2) is 30.1 Å². The first-order chi connectivity index (χ1) is 9.60. The molecule has 4 nitrogen and oxygen atoms in total. The van der Waals surface area contributed by atoms with E-state index < -0.39 is 0 Å². The van der Waals surface area contributed by atoms with Crippen molar-refractivity contribution < 1.29 is 4.74 Å². The van der Waals surface area contributed by atoms with Gasteiger partial charge in [0, 0.05) is 18.0 Å². The van der Waals surface area contributed by atoms with E-state index in [1.165, 1.54) is 16.9 Å². The predicted octanol–water partition coefficient (Wildman–Crippen LogP) is 2.80. The maximum Gasteiger partial charge on any atom is 0.180 e. The van der Waals surface area contributed by atoms with Gasteiger partial charge in [0.1, 0.15) is 5.75 Å². The molecule has 0 aliphatic heterocycles. The normalized spacial score (nSPS) is 12.6. The molecule has 0 saturated heterocycles. The molecule has 1 heterocycles. The van der Waals surface area contributed by atoms with Crippen LogP contribution in [0.4, 0.5) is 5.13 Å². The van der Waals surface area contributed by atoms with Crippen LogP contribution in [0.5, 0.6) is 5.75 Å². The zero-order valence-corrected chi connectivity index (χ0v) is 13.0. The summed E-state index contributed by atoms with van der Waals surface area (Å²) < 4.78 is 5.40. The first-order valence-corrected chi connectivity index (χ1v) is 7.50. The van der Waals surface area contributed by atoms with Crippen molar-refractivity contribution in [2.75, 3.05) is 19.9 Å². The van der Waals surface area contributed by atoms with Gasteiger partial charge in [0.2, 0.25) is 0 Å². The van der Waals surface area contributed by atoms with Crippen LogP contribution in [0, 0.1) is 0 Å². The summed E-state index contributed by atoms with van der Waals surface area (Å²) >= 11 is 1.49. The number of nitrogens with zero attached hydrogens (tertiary/aromatic N) is 2. The van der Waals surface area contributed by atoms with Gasteiger partial charge in [0.25, 0.3) is 0 Å². The summed E-state index contributed by atoms with van der Waals surface area (Å²) in [4.78, 5) is 6.58. The van der Waals surface area contributed by atoms with E-state index in [4.69, 9.17) is 10.5 Å². The largest absolute Gasteiger partial charge is 0.496 e. The number of thiazole rings is 1. The highest BCUT2D eigenvalue weighted by Crippen LogP contribution is 2.21. The van der Waals surface area contributed by atoms with Crippen LogP contribution in [0.15, 0.2) is 29.6 Å². The van der Waals surface area contributed by atoms with Gasteiger partial charge >= 0.3 is 0 Å². The molecule has 0 saturated carbocycles. The standard InChI is InChI=1S/C15H21N3OS/c1-11(8-12-6-4-5-7-14(12)19-3)18(2)9-13-10-20-15(16)17-13/h4-7,10-11H,8-9H2,1-3H3,(H2,16,17). The molecule has 1 aromatic carbocycles. The minimum atomic E-state index is 0.397. The molecule has 0 amide bonds. The number of rotatable bonds is 6. The van der Waals surface area contributed by atoms with Gasteiger partial charge < -0.3 is 10.5 Å². The lowest BCUT2D eigenvalue weighted by molar-refractivity contribution is 0.244. The van der Waals surface area contributed by atoms with Crippen LogP contribution < -0.4 is 10.5 Å². The Kier molecular flexibility index (Phi) is 4.98. The molecule has 1 aromatic heterocycles. The van der Waals surface area contributed by atoms with E-state index in [0.717, 1.165) is 24.4 Å². The molecule has 0 bridgehead atoms. The number of methoxy groups -OCH3 is 1. The third-order valence-electron chi connectivity index (χ3n) is 3.44. The Balaban J connectivity index is 1.98. The number of ether oxygens (including phenoxy) is 1. The van der Waals surface area contributed by atoms with Gasteiger partial charge in [0.15, 0.2) is 5.13 Å². The van der Waals surface area contributed by atoms with Crippen molar-refractivity contribution >= 4 is 16.5 Å². The zero-order chi connectivity index (χ0) is 14.5. The molecule has 2 N–H and O–H groups in total. The van der Waals surface area contributed by atoms with Gasteiger partial charge in [-0.1, -0.05) is 18.2 Å². The monoisotopic (exact) mass is 291 g/mol. The maximum absolute atomic E-state index is 5.66. The van der Waals surface area contributed by atoms with E-state index >= 15 is 0 Å². The number of aromatic nitrogens is 1. The van der Waals surface area contributed by atoms with Crippen LogP contribution >= 0.6 is 11.3 Å². The van der Waals surface area contributed by atoms with Crippen LogP contribution in [0.2, 0.25) is 0 Å². The average Bonchev–Trinajstić information content (AvgIpc) is 2.84. The fourth-order valence-corrected chi connectivity index (χ4v) is 2.71. The summed E-state index contributed by atoms with van der Waals surface area (Å²) in [7, 11) is 3.82. The van der Waals surface area contributed by atoms with Crippen LogP contribution in [-0.2, 0) is 13.0 Å². The summed E-state index contributed by atoms with van der Waals surface area (Å²) in [6, 6.07) is 8.56. The number of likely N-dealkylation sites (N-methyl/N-ethyl adjacent to an activating group) is 1. The van der Waals surface area contributed by atoms with E-state index in [2.05, 4.69) is 29.9 Å².